The van der Waals surface area contributed by atoms with Crippen LogP contribution < -0.4 is 15.4 Å². The van der Waals surface area contributed by atoms with Crippen molar-refractivity contribution in [2.45, 2.75) is 211 Å². The number of allylic oxidation sites excluding steroid dienone is 8. The number of fused-ring (bicyclic) bond motifs is 9. The smallest absolute Gasteiger partial charge is 0.339 e. The maximum Gasteiger partial charge on any atom is 0.339 e. The van der Waals surface area contributed by atoms with Gasteiger partial charge in [0.2, 0.25) is 11.7 Å². The van der Waals surface area contributed by atoms with Crippen molar-refractivity contribution >= 4 is 58.8 Å². The highest BCUT2D eigenvalue weighted by molar-refractivity contribution is 6.39. The maximum atomic E-state index is 14.8. The molecule has 5 heterocycles. The van der Waals surface area contributed by atoms with Gasteiger partial charge in [-0.25, -0.2) is 9.59 Å². The van der Waals surface area contributed by atoms with E-state index in [0.29, 0.717) is 93.7 Å². The number of ketones is 4. The Labute approximate surface area is 608 Å². The molecule has 24 heteroatoms. The molecule has 24 nitrogen and oxygen atoms in total. The molecular weight excluding hydrogens is 1340 g/mol. The molecule has 104 heavy (non-hydrogen) atoms. The summed E-state index contributed by atoms with van der Waals surface area (Å²) in [5.74, 6) is -11.7. The van der Waals surface area contributed by atoms with Crippen molar-refractivity contribution in [2.24, 2.45) is 41.4 Å². The zero-order valence-electron chi connectivity index (χ0n) is 61.4. The Morgan fingerprint density at radius 2 is 1.57 bits per heavy atom. The van der Waals surface area contributed by atoms with Crippen LogP contribution in [0.25, 0.3) is 0 Å². The predicted molar refractivity (Wildman–Crippen MR) is 380 cm³/mol. The normalized spacial score (nSPS) is 33.0. The second kappa shape index (κ2) is 35.7. The quantitative estimate of drug-likeness (QED) is 0.0344. The van der Waals surface area contributed by atoms with Gasteiger partial charge in [0, 0.05) is 100 Å². The zero-order valence-corrected chi connectivity index (χ0v) is 61.4. The van der Waals surface area contributed by atoms with Crippen molar-refractivity contribution in [3.05, 3.63) is 130 Å². The van der Waals surface area contributed by atoms with Gasteiger partial charge >= 0.3 is 17.9 Å². The second-order valence-corrected chi connectivity index (χ2v) is 29.3. The molecule has 17 atom stereocenters. The summed E-state index contributed by atoms with van der Waals surface area (Å²) in [6, 6.07) is 7.91. The lowest BCUT2D eigenvalue weighted by atomic mass is 9.71. The Morgan fingerprint density at radius 3 is 2.32 bits per heavy atom. The number of methoxy groups -OCH3 is 3. The number of hydrogen-bond donors (Lipinski definition) is 5. The van der Waals surface area contributed by atoms with Crippen molar-refractivity contribution in [3.8, 4) is 11.5 Å². The van der Waals surface area contributed by atoms with E-state index < -0.39 is 125 Å². The van der Waals surface area contributed by atoms with Gasteiger partial charge in [0.25, 0.3) is 17.6 Å². The van der Waals surface area contributed by atoms with Crippen LogP contribution in [0.1, 0.15) is 183 Å². The number of benzene rings is 2. The number of phenolic OH excluding ortho intramolecular Hbond substituents is 1. The van der Waals surface area contributed by atoms with Gasteiger partial charge in [-0.3, -0.25) is 38.4 Å². The maximum absolute atomic E-state index is 14.8. The van der Waals surface area contributed by atoms with Gasteiger partial charge in [0.15, 0.2) is 17.2 Å². The van der Waals surface area contributed by atoms with Crippen LogP contribution in [0.3, 0.4) is 0 Å². The van der Waals surface area contributed by atoms with Crippen LogP contribution in [0.4, 0.5) is 0 Å². The first-order valence-electron chi connectivity index (χ1n) is 36.7. The molecule has 7 aliphatic rings. The van der Waals surface area contributed by atoms with E-state index in [4.69, 9.17) is 37.9 Å². The van der Waals surface area contributed by atoms with Crippen molar-refractivity contribution in [3.63, 3.8) is 0 Å². The zero-order chi connectivity index (χ0) is 75.3. The summed E-state index contributed by atoms with van der Waals surface area (Å²) in [6.07, 6.45) is 15.2. The Hall–Kier alpha value is -8.26. The monoisotopic (exact) mass is 1440 g/mol. The SMILES string of the molecule is COC1C[C@@H]2CC[C@@H](C)[C@@](O)(O2)C(=O)C(=O)N2CCCC[C@H]2C(=O)OC([C@H](C)C[C@@H]2CC[C@@H](OC(=O)CNC(=O)CCCCCNC(=O)c3ccc4c(c3)C(=O)OC43c4ccc(O)cc4OC4=CC(=O)C=CC43)[C@H](OC)C2)CC(=O)[C@H](C)/C=C(/C)[C@@H](O)C(OC)C(=O)[C@H](C)C[C@H](C)/C=C/C=C/C=C\1C. The highest BCUT2D eigenvalue weighted by Crippen LogP contribution is 2.57. The third-order valence-corrected chi connectivity index (χ3v) is 21.8. The van der Waals surface area contributed by atoms with Crippen LogP contribution in [0.15, 0.2) is 108 Å². The van der Waals surface area contributed by atoms with Crippen LogP contribution in [0, 0.1) is 41.4 Å². The Bertz CT molecular complexity index is 3740. The number of nitrogens with one attached hydrogen (secondary N) is 2. The van der Waals surface area contributed by atoms with E-state index in [2.05, 4.69) is 10.6 Å². The number of ether oxygens (including phenoxy) is 8. The third-order valence-electron chi connectivity index (χ3n) is 21.8. The number of aliphatic hydroxyl groups excluding tert-OH is 1. The molecule has 9 rings (SSSR count). The van der Waals surface area contributed by atoms with E-state index in [0.717, 1.165) is 10.5 Å². The number of phenols is 1. The van der Waals surface area contributed by atoms with Crippen molar-refractivity contribution in [1.82, 2.24) is 15.5 Å². The van der Waals surface area contributed by atoms with Crippen LogP contribution in [0.2, 0.25) is 0 Å². The molecule has 2 saturated heterocycles. The number of amides is 3. The van der Waals surface area contributed by atoms with Crippen LogP contribution >= 0.6 is 0 Å². The first-order valence-corrected chi connectivity index (χ1v) is 36.7. The number of carbonyl (C=O) groups excluding carboxylic acids is 10. The summed E-state index contributed by atoms with van der Waals surface area (Å²) in [7, 11) is 4.42. The van der Waals surface area contributed by atoms with Gasteiger partial charge in [-0.1, -0.05) is 89.6 Å². The van der Waals surface area contributed by atoms with Crippen LogP contribution in [0.5, 0.6) is 11.5 Å². The molecule has 2 bridgehead atoms. The fraction of sp³-hybridized carbons (Fsp3) is 0.575. The molecule has 0 radical (unpaired) electrons. The largest absolute Gasteiger partial charge is 0.508 e. The van der Waals surface area contributed by atoms with E-state index in [1.54, 1.807) is 65.2 Å². The molecular formula is C80H103N3O21. The van der Waals surface area contributed by atoms with Crippen molar-refractivity contribution in [1.29, 1.82) is 0 Å². The molecule has 1 saturated carbocycles. The lowest BCUT2D eigenvalue weighted by Gasteiger charge is -2.42. The molecule has 3 amide bonds. The molecule has 5 aliphatic heterocycles. The molecule has 2 aliphatic carbocycles. The minimum absolute atomic E-state index is 0.0191. The number of rotatable bonds is 16. The van der Waals surface area contributed by atoms with E-state index >= 15 is 0 Å². The van der Waals surface area contributed by atoms with Gasteiger partial charge in [0.05, 0.1) is 29.8 Å². The third kappa shape index (κ3) is 18.7. The molecule has 5 unspecified atom stereocenters. The van der Waals surface area contributed by atoms with Gasteiger partial charge < -0.3 is 68.7 Å². The Morgan fingerprint density at radius 1 is 0.798 bits per heavy atom. The highest BCUT2D eigenvalue weighted by Gasteiger charge is 2.58. The van der Waals surface area contributed by atoms with Gasteiger partial charge in [0.1, 0.15) is 60.0 Å². The first kappa shape index (κ1) is 79.8. The van der Waals surface area contributed by atoms with Crippen molar-refractivity contribution in [2.75, 3.05) is 41.0 Å². The van der Waals surface area contributed by atoms with E-state index in [1.165, 1.54) is 44.6 Å². The molecule has 2 aromatic rings. The Balaban J connectivity index is 0.791. The fourth-order valence-electron chi connectivity index (χ4n) is 15.7. The number of cyclic esters (lactones) is 1. The number of unbranched alkanes of at least 4 members (excludes halogenated alkanes) is 2. The topological polar surface area (TPSA) is 333 Å². The Kier molecular flexibility index (Phi) is 27.4. The van der Waals surface area contributed by atoms with Crippen LogP contribution in [-0.4, -0.2) is 175 Å². The summed E-state index contributed by atoms with van der Waals surface area (Å²) in [6.45, 7) is 12.3. The predicted octanol–water partition coefficient (Wildman–Crippen LogP) is 8.99. The lowest BCUT2D eigenvalue weighted by Crippen LogP contribution is -2.61. The van der Waals surface area contributed by atoms with Gasteiger partial charge in [-0.2, -0.15) is 0 Å². The van der Waals surface area contributed by atoms with Gasteiger partial charge in [-0.15, -0.1) is 0 Å². The fourth-order valence-corrected chi connectivity index (χ4v) is 15.7. The van der Waals surface area contributed by atoms with Crippen molar-refractivity contribution < 1.29 is 101 Å². The van der Waals surface area contributed by atoms with Crippen LogP contribution in [-0.2, 0) is 77.1 Å². The van der Waals surface area contributed by atoms with E-state index in [1.807, 2.05) is 51.2 Å². The molecule has 5 N–H and O–H groups in total. The highest BCUT2D eigenvalue weighted by atomic mass is 16.6. The van der Waals surface area contributed by atoms with E-state index in [-0.39, 0.29) is 109 Å². The molecule has 2 aromatic carbocycles. The average molecular weight is 1440 g/mol. The minimum atomic E-state index is -2.50. The second-order valence-electron chi connectivity index (χ2n) is 29.3. The number of piperidine rings is 1. The number of Topliss-reactive ketones (excluding diaryl/α,β-unsaturated/α-hetero) is 3. The first-order chi connectivity index (χ1) is 49.6. The molecule has 0 aromatic heterocycles. The summed E-state index contributed by atoms with van der Waals surface area (Å²) < 4.78 is 48.0. The number of aromatic hydroxyl groups is 1. The number of aliphatic hydroxyl groups is 2. The summed E-state index contributed by atoms with van der Waals surface area (Å²) in [5.41, 5.74) is 1.09. The summed E-state index contributed by atoms with van der Waals surface area (Å²) in [4.78, 5) is 139. The average Bonchev–Trinajstić information content (AvgIpc) is 1.48. The molecule has 3 fully saturated rings. The standard InChI is InChI=1S/C80H103N3O21/c1-45-19-13-11-14-20-46(2)64(97-8)42-56-28-23-51(7)80(96,103-56)74(91)76(93)83-34-18-16-21-61(83)78(95)102-65(43-62(86)47(3)36-50(6)72(90)73(99-10)71(89)49(5)35-45)48(4)37-52-24-32-63(68(38-52)98-9)101-70(88)44-82-69(87)22-15-12-17-33-81-75(92)53-25-29-58-57(39-53)77(94)104-79(58)59-30-26-54(84)40-66(59)100-67-41-55(85)27-31-60(67)79/h11,13-14,19-20,25-27,29-31,36,39-41,45,47-49,51-52,56,59,61,63-65,68,72-73,85,90,96H,12,15-18,21-24,28,32-35,37-38,42-44H2,1-10H3,(H,81,92)(H,82,87)/b14-11+,19-13+,46-20-,50-36-/t45-,47-,48-,49-,51-,52+,56+,59?,61+,63-,64?,65?,68-,72-,73?,79?,80-/m1/s1. The number of esters is 3. The van der Waals surface area contributed by atoms with Gasteiger partial charge in [-0.05, 0) is 150 Å². The molecule has 564 valence electrons. The number of hydrogen-bond acceptors (Lipinski definition) is 21. The minimum Gasteiger partial charge on any atom is -0.508 e. The number of nitrogens with zero attached hydrogens (tertiary/aromatic N) is 1. The van der Waals surface area contributed by atoms with E-state index in [9.17, 15) is 63.3 Å². The summed E-state index contributed by atoms with van der Waals surface area (Å²) in [5, 5.41) is 39.5. The molecule has 1 spiro atoms. The number of carbonyl (C=O) groups is 10. The lowest BCUT2D eigenvalue weighted by molar-refractivity contribution is -0.265. The summed E-state index contributed by atoms with van der Waals surface area (Å²) >= 11 is 0.